The number of benzene rings is 2. The maximum absolute atomic E-state index is 14.1. The van der Waals surface area contributed by atoms with Crippen molar-refractivity contribution in [3.63, 3.8) is 0 Å². The highest BCUT2D eigenvalue weighted by atomic mass is 35.5. The van der Waals surface area contributed by atoms with Gasteiger partial charge in [-0.25, -0.2) is 9.37 Å². The number of methoxy groups -OCH3 is 1. The van der Waals surface area contributed by atoms with Crippen LogP contribution in [0.5, 0.6) is 5.75 Å². The van der Waals surface area contributed by atoms with E-state index < -0.39 is 11.4 Å². The van der Waals surface area contributed by atoms with Crippen LogP contribution in [-0.2, 0) is 5.60 Å². The fraction of sp³-hybridized carbons (Fsp3) is 0.385. The summed E-state index contributed by atoms with van der Waals surface area (Å²) >= 11 is 6.00. The molecule has 2 heterocycles. The lowest BCUT2D eigenvalue weighted by Gasteiger charge is -2.24. The van der Waals surface area contributed by atoms with E-state index in [1.807, 2.05) is 12.1 Å². The Labute approximate surface area is 221 Å². The number of nitrogens with zero attached hydrogens (tertiary/aromatic N) is 4. The van der Waals surface area contributed by atoms with Gasteiger partial charge in [-0.15, -0.1) is 0 Å². The lowest BCUT2D eigenvalue weighted by atomic mass is 9.96. The number of hydrogen-bond donors (Lipinski definition) is 4. The van der Waals surface area contributed by atoms with E-state index in [2.05, 4.69) is 44.5 Å². The average Bonchev–Trinajstić information content (AvgIpc) is 3.31. The van der Waals surface area contributed by atoms with Crippen molar-refractivity contribution in [2.45, 2.75) is 31.9 Å². The van der Waals surface area contributed by atoms with Crippen LogP contribution in [0.25, 0.3) is 0 Å². The first kappa shape index (κ1) is 26.7. The zero-order valence-corrected chi connectivity index (χ0v) is 22.4. The molecule has 0 radical (unpaired) electrons. The fourth-order valence-electron chi connectivity index (χ4n) is 4.41. The summed E-state index contributed by atoms with van der Waals surface area (Å²) in [6, 6.07) is 8.49. The van der Waals surface area contributed by atoms with Gasteiger partial charge >= 0.3 is 0 Å². The van der Waals surface area contributed by atoms with Crippen molar-refractivity contribution in [3.05, 3.63) is 52.9 Å². The van der Waals surface area contributed by atoms with Crippen LogP contribution >= 0.6 is 11.6 Å². The molecule has 1 aliphatic rings. The van der Waals surface area contributed by atoms with Crippen LogP contribution in [0.2, 0.25) is 5.02 Å². The second-order valence-electron chi connectivity index (χ2n) is 9.85. The minimum absolute atomic E-state index is 0.0712. The number of anilines is 6. The Kier molecular flexibility index (Phi) is 7.63. The first-order valence-corrected chi connectivity index (χ1v) is 12.3. The molecule has 1 atom stereocenters. The standard InChI is InChI=1S/C26H33ClFN7O2/c1-26(2,36)16-10-18(28)17(27)11-20(16)31-24-6-8-30-25(33-24)32-21-12-19(29)22(13-23(21)37-5)35-9-7-15(14-35)34(3)4/h6,8,10-13,15,36H,7,9,14,29H2,1-5H3,(H2,30,31,32,33)/t15-/m0/s1. The van der Waals surface area contributed by atoms with Crippen LogP contribution in [0.4, 0.5) is 38.9 Å². The van der Waals surface area contributed by atoms with E-state index >= 15 is 0 Å². The lowest BCUT2D eigenvalue weighted by Crippen LogP contribution is -2.31. The van der Waals surface area contributed by atoms with E-state index in [4.69, 9.17) is 22.1 Å². The van der Waals surface area contributed by atoms with Gasteiger partial charge < -0.3 is 36.0 Å². The van der Waals surface area contributed by atoms with Gasteiger partial charge in [0.25, 0.3) is 0 Å². The fourth-order valence-corrected chi connectivity index (χ4v) is 4.58. The molecule has 0 saturated carbocycles. The van der Waals surface area contributed by atoms with Gasteiger partial charge in [0.05, 0.1) is 34.8 Å². The smallest absolute Gasteiger partial charge is 0.229 e. The average molecular weight is 530 g/mol. The Hall–Kier alpha value is -3.34. The molecule has 1 aromatic heterocycles. The van der Waals surface area contributed by atoms with Crippen molar-refractivity contribution in [1.82, 2.24) is 14.9 Å². The number of likely N-dealkylation sites (N-methyl/N-ethyl adjacent to an activating group) is 1. The van der Waals surface area contributed by atoms with E-state index in [1.54, 1.807) is 33.2 Å². The van der Waals surface area contributed by atoms with Gasteiger partial charge in [-0.05, 0) is 58.6 Å². The molecule has 0 bridgehead atoms. The highest BCUT2D eigenvalue weighted by Gasteiger charge is 2.26. The lowest BCUT2D eigenvalue weighted by molar-refractivity contribution is 0.0790. The molecule has 1 fully saturated rings. The Morgan fingerprint density at radius 2 is 1.97 bits per heavy atom. The summed E-state index contributed by atoms with van der Waals surface area (Å²) in [6.07, 6.45) is 2.64. The van der Waals surface area contributed by atoms with Crippen LogP contribution in [0.1, 0.15) is 25.8 Å². The normalized spacial score (nSPS) is 15.8. The van der Waals surface area contributed by atoms with Crippen LogP contribution in [0.15, 0.2) is 36.5 Å². The van der Waals surface area contributed by atoms with Crippen LogP contribution < -0.4 is 26.0 Å². The molecule has 1 aliphatic heterocycles. The Morgan fingerprint density at radius 1 is 1.22 bits per heavy atom. The third kappa shape index (κ3) is 5.98. The summed E-state index contributed by atoms with van der Waals surface area (Å²) in [5.41, 5.74) is 8.06. The third-order valence-electron chi connectivity index (χ3n) is 6.47. The number of halogens is 2. The van der Waals surface area contributed by atoms with E-state index in [1.165, 1.54) is 12.1 Å². The maximum Gasteiger partial charge on any atom is 0.229 e. The molecule has 9 nitrogen and oxygen atoms in total. The summed E-state index contributed by atoms with van der Waals surface area (Å²) in [4.78, 5) is 13.3. The third-order valence-corrected chi connectivity index (χ3v) is 6.76. The van der Waals surface area contributed by atoms with Crippen molar-refractivity contribution in [2.75, 3.05) is 55.6 Å². The molecule has 3 aromatic rings. The number of hydrogen-bond acceptors (Lipinski definition) is 9. The molecule has 198 valence electrons. The van der Waals surface area contributed by atoms with Crippen molar-refractivity contribution in [1.29, 1.82) is 0 Å². The summed E-state index contributed by atoms with van der Waals surface area (Å²) in [5.74, 6) is 0.700. The van der Waals surface area contributed by atoms with Gasteiger partial charge in [0.1, 0.15) is 17.4 Å². The van der Waals surface area contributed by atoms with Gasteiger partial charge in [0.15, 0.2) is 0 Å². The number of nitrogen functional groups attached to an aromatic ring is 1. The molecule has 1 saturated heterocycles. The molecule has 4 rings (SSSR count). The number of nitrogens with one attached hydrogen (secondary N) is 2. The zero-order chi connectivity index (χ0) is 26.9. The summed E-state index contributed by atoms with van der Waals surface area (Å²) < 4.78 is 19.7. The molecule has 2 aromatic carbocycles. The topological polar surface area (TPSA) is 112 Å². The van der Waals surface area contributed by atoms with Crippen molar-refractivity contribution >= 4 is 46.1 Å². The van der Waals surface area contributed by atoms with Crippen molar-refractivity contribution in [2.24, 2.45) is 0 Å². The molecule has 5 N–H and O–H groups in total. The van der Waals surface area contributed by atoms with Gasteiger partial charge in [-0.3, -0.25) is 0 Å². The van der Waals surface area contributed by atoms with Crippen LogP contribution in [-0.4, -0.2) is 60.3 Å². The van der Waals surface area contributed by atoms with E-state index in [-0.39, 0.29) is 5.02 Å². The molecule has 0 aliphatic carbocycles. The van der Waals surface area contributed by atoms with Gasteiger partial charge in [0, 0.05) is 42.6 Å². The van der Waals surface area contributed by atoms with E-state index in [9.17, 15) is 9.50 Å². The highest BCUT2D eigenvalue weighted by Crippen LogP contribution is 2.38. The van der Waals surface area contributed by atoms with Crippen molar-refractivity contribution < 1.29 is 14.2 Å². The predicted octanol–water partition coefficient (Wildman–Crippen LogP) is 4.71. The Bertz CT molecular complexity index is 1280. The van der Waals surface area contributed by atoms with Crippen molar-refractivity contribution in [3.8, 4) is 5.75 Å². The quantitative estimate of drug-likeness (QED) is 0.308. The molecule has 37 heavy (non-hydrogen) atoms. The van der Waals surface area contributed by atoms with Crippen LogP contribution in [0.3, 0.4) is 0 Å². The monoisotopic (exact) mass is 529 g/mol. The molecular formula is C26H33ClFN7O2. The van der Waals surface area contributed by atoms with Gasteiger partial charge in [0.2, 0.25) is 5.95 Å². The first-order chi connectivity index (χ1) is 17.5. The SMILES string of the molecule is COc1cc(N2CC[C@H](N(C)C)C2)c(N)cc1Nc1nccc(Nc2cc(Cl)c(F)cc2C(C)(C)O)n1. The molecule has 0 unspecified atom stereocenters. The number of aromatic nitrogens is 2. The minimum atomic E-state index is -1.31. The predicted molar refractivity (Wildman–Crippen MR) is 147 cm³/mol. The van der Waals surface area contributed by atoms with Crippen LogP contribution in [0, 0.1) is 5.82 Å². The van der Waals surface area contributed by atoms with E-state index in [0.29, 0.717) is 46.2 Å². The van der Waals surface area contributed by atoms with E-state index in [0.717, 1.165) is 25.2 Å². The summed E-state index contributed by atoms with van der Waals surface area (Å²) in [5, 5.41) is 16.7. The zero-order valence-electron chi connectivity index (χ0n) is 21.6. The summed E-state index contributed by atoms with van der Waals surface area (Å²) in [6.45, 7) is 4.94. The molecule has 0 spiro atoms. The summed E-state index contributed by atoms with van der Waals surface area (Å²) in [7, 11) is 5.77. The number of rotatable bonds is 8. The van der Waals surface area contributed by atoms with Gasteiger partial charge in [-0.1, -0.05) is 11.6 Å². The van der Waals surface area contributed by atoms with Gasteiger partial charge in [-0.2, -0.15) is 4.98 Å². The second-order valence-corrected chi connectivity index (χ2v) is 10.3. The first-order valence-electron chi connectivity index (χ1n) is 11.9. The minimum Gasteiger partial charge on any atom is -0.494 e. The molecule has 11 heteroatoms. The number of aliphatic hydroxyl groups is 1. The largest absolute Gasteiger partial charge is 0.494 e. The second kappa shape index (κ2) is 10.6. The molecular weight excluding hydrogens is 497 g/mol. The Morgan fingerprint density at radius 3 is 2.62 bits per heavy atom. The molecule has 0 amide bonds. The number of ether oxygens (including phenoxy) is 1. The highest BCUT2D eigenvalue weighted by molar-refractivity contribution is 6.31. The number of nitrogens with two attached hydrogens (primary N) is 1. The maximum atomic E-state index is 14.1. The Balaban J connectivity index is 1.58.